The van der Waals surface area contributed by atoms with Crippen LogP contribution in [0.2, 0.25) is 0 Å². The zero-order chi connectivity index (χ0) is 18.5. The van der Waals surface area contributed by atoms with Gasteiger partial charge in [-0.2, -0.15) is 0 Å². The van der Waals surface area contributed by atoms with Gasteiger partial charge >= 0.3 is 11.9 Å². The molecule has 0 amide bonds. The molecule has 2 aromatic rings. The zero-order valence-corrected chi connectivity index (χ0v) is 14.9. The lowest BCUT2D eigenvalue weighted by Crippen LogP contribution is -2.14. The van der Waals surface area contributed by atoms with Crippen LogP contribution >= 0.6 is 11.8 Å². The molecule has 0 saturated heterocycles. The zero-order valence-electron chi connectivity index (χ0n) is 14.1. The van der Waals surface area contributed by atoms with Crippen molar-refractivity contribution in [3.63, 3.8) is 0 Å². The highest BCUT2D eigenvalue weighted by molar-refractivity contribution is 7.98. The quantitative estimate of drug-likeness (QED) is 0.625. The number of nitrogens with zero attached hydrogens (tertiary/aromatic N) is 2. The van der Waals surface area contributed by atoms with Gasteiger partial charge in [0.25, 0.3) is 0 Å². The minimum atomic E-state index is -1.20. The molecule has 2 aromatic heterocycles. The predicted molar refractivity (Wildman–Crippen MR) is 91.7 cm³/mol. The molecule has 3 rings (SSSR count). The molecule has 2 N–H and O–H groups in total. The Bertz CT molecular complexity index is 909. The molecule has 0 aliphatic carbocycles. The monoisotopic (exact) mass is 362 g/mol. The van der Waals surface area contributed by atoms with Crippen molar-refractivity contribution in [2.45, 2.75) is 30.8 Å². The Morgan fingerprint density at radius 2 is 1.92 bits per heavy atom. The molecule has 8 heteroatoms. The van der Waals surface area contributed by atoms with E-state index in [1.165, 1.54) is 11.8 Å². The SMILES string of the molecule is CSc1ccc(C(=O)c2c(C)c(C(=O)O)c3n2CCC3C(=O)O)n1C. The number of carboxylic acids is 2. The minimum absolute atomic E-state index is 0.0625. The summed E-state index contributed by atoms with van der Waals surface area (Å²) in [4.78, 5) is 36.3. The highest BCUT2D eigenvalue weighted by Gasteiger charge is 2.39. The van der Waals surface area contributed by atoms with Gasteiger partial charge in [0.2, 0.25) is 5.78 Å². The maximum atomic E-state index is 13.1. The number of ketones is 1. The van der Waals surface area contributed by atoms with Crippen molar-refractivity contribution >= 4 is 29.5 Å². The summed E-state index contributed by atoms with van der Waals surface area (Å²) >= 11 is 1.51. The van der Waals surface area contributed by atoms with E-state index in [-0.39, 0.29) is 29.2 Å². The number of hydrogen-bond donors (Lipinski definition) is 2. The average molecular weight is 362 g/mol. The van der Waals surface area contributed by atoms with E-state index in [2.05, 4.69) is 0 Å². The van der Waals surface area contributed by atoms with Crippen LogP contribution in [0, 0.1) is 6.92 Å². The van der Waals surface area contributed by atoms with Gasteiger partial charge < -0.3 is 19.3 Å². The van der Waals surface area contributed by atoms with E-state index >= 15 is 0 Å². The van der Waals surface area contributed by atoms with Crippen LogP contribution in [0.5, 0.6) is 0 Å². The van der Waals surface area contributed by atoms with Crippen molar-refractivity contribution < 1.29 is 24.6 Å². The normalized spacial score (nSPS) is 16.0. The summed E-state index contributed by atoms with van der Waals surface area (Å²) in [5, 5.41) is 19.9. The average Bonchev–Trinajstić information content (AvgIpc) is 3.18. The summed E-state index contributed by atoms with van der Waals surface area (Å²) in [6.45, 7) is 1.89. The van der Waals surface area contributed by atoms with E-state index in [1.54, 1.807) is 29.2 Å². The summed E-state index contributed by atoms with van der Waals surface area (Å²) in [7, 11) is 1.78. The molecule has 1 unspecified atom stereocenters. The van der Waals surface area contributed by atoms with Gasteiger partial charge in [0.05, 0.1) is 27.9 Å². The van der Waals surface area contributed by atoms with Gasteiger partial charge in [0.1, 0.15) is 0 Å². The number of carbonyl (C=O) groups is 3. The Kier molecular flexibility index (Phi) is 4.24. The van der Waals surface area contributed by atoms with E-state index in [9.17, 15) is 24.6 Å². The van der Waals surface area contributed by atoms with Crippen LogP contribution in [-0.2, 0) is 18.4 Å². The van der Waals surface area contributed by atoms with E-state index in [1.807, 2.05) is 12.3 Å². The van der Waals surface area contributed by atoms with Crippen LogP contribution in [0.4, 0.5) is 0 Å². The molecule has 0 aromatic carbocycles. The number of carboxylic acid groups (broad SMARTS) is 2. The number of aromatic carboxylic acids is 1. The predicted octanol–water partition coefficient (Wildman–Crippen LogP) is 2.36. The number of carbonyl (C=O) groups excluding carboxylic acids is 1. The van der Waals surface area contributed by atoms with E-state index < -0.39 is 17.9 Å². The van der Waals surface area contributed by atoms with Gasteiger partial charge in [0.15, 0.2) is 0 Å². The fourth-order valence-corrected chi connectivity index (χ4v) is 4.18. The number of hydrogen-bond acceptors (Lipinski definition) is 4. The molecule has 1 aliphatic rings. The first-order chi connectivity index (χ1) is 11.8. The van der Waals surface area contributed by atoms with Crippen molar-refractivity contribution in [2.75, 3.05) is 6.26 Å². The number of aliphatic carboxylic acids is 1. The molecule has 0 spiro atoms. The molecule has 0 saturated carbocycles. The topological polar surface area (TPSA) is 102 Å². The minimum Gasteiger partial charge on any atom is -0.481 e. The van der Waals surface area contributed by atoms with Crippen molar-refractivity contribution in [1.82, 2.24) is 9.13 Å². The van der Waals surface area contributed by atoms with Crippen LogP contribution in [-0.4, -0.2) is 43.3 Å². The van der Waals surface area contributed by atoms with Gasteiger partial charge in [0, 0.05) is 19.3 Å². The Hall–Kier alpha value is -2.48. The number of thioether (sulfide) groups is 1. The Balaban J connectivity index is 2.21. The van der Waals surface area contributed by atoms with Crippen LogP contribution in [0.15, 0.2) is 17.2 Å². The van der Waals surface area contributed by atoms with Crippen LogP contribution in [0.1, 0.15) is 50.1 Å². The van der Waals surface area contributed by atoms with Gasteiger partial charge in [-0.1, -0.05) is 0 Å². The summed E-state index contributed by atoms with van der Waals surface area (Å²) < 4.78 is 3.34. The Morgan fingerprint density at radius 3 is 2.44 bits per heavy atom. The molecule has 0 fully saturated rings. The second kappa shape index (κ2) is 6.11. The second-order valence-electron chi connectivity index (χ2n) is 6.02. The van der Waals surface area contributed by atoms with Gasteiger partial charge in [-0.05, 0) is 37.3 Å². The maximum Gasteiger partial charge on any atom is 0.337 e. The lowest BCUT2D eigenvalue weighted by Gasteiger charge is -2.09. The van der Waals surface area contributed by atoms with Gasteiger partial charge in [-0.15, -0.1) is 11.8 Å². The van der Waals surface area contributed by atoms with Gasteiger partial charge in [-0.25, -0.2) is 4.79 Å². The third kappa shape index (κ3) is 2.48. The summed E-state index contributed by atoms with van der Waals surface area (Å²) in [5.41, 5.74) is 1.20. The molecule has 25 heavy (non-hydrogen) atoms. The molecule has 7 nitrogen and oxygen atoms in total. The third-order valence-corrected chi connectivity index (χ3v) is 5.59. The fourth-order valence-electron chi connectivity index (χ4n) is 3.61. The summed E-state index contributed by atoms with van der Waals surface area (Å²) in [6, 6.07) is 3.54. The molecule has 1 aliphatic heterocycles. The number of fused-ring (bicyclic) bond motifs is 1. The molecular formula is C17H18N2O5S. The highest BCUT2D eigenvalue weighted by Crippen LogP contribution is 2.38. The van der Waals surface area contributed by atoms with Crippen LogP contribution in [0.3, 0.4) is 0 Å². The third-order valence-electron chi connectivity index (χ3n) is 4.76. The molecule has 0 bridgehead atoms. The van der Waals surface area contributed by atoms with Gasteiger partial charge in [-0.3, -0.25) is 9.59 Å². The standard InChI is InChI=1S/C17H18N2O5S/c1-8-12(17(23)24)14-9(16(21)22)6-7-19(14)13(8)15(20)10-4-5-11(25-3)18(10)2/h4-5,9H,6-7H2,1-3H3,(H,21,22)(H,23,24). The molecule has 3 heterocycles. The largest absolute Gasteiger partial charge is 0.481 e. The Morgan fingerprint density at radius 1 is 1.24 bits per heavy atom. The lowest BCUT2D eigenvalue weighted by molar-refractivity contribution is -0.138. The van der Waals surface area contributed by atoms with E-state index in [4.69, 9.17) is 0 Å². The van der Waals surface area contributed by atoms with E-state index in [0.717, 1.165) is 5.03 Å². The van der Waals surface area contributed by atoms with Crippen molar-refractivity contribution in [3.05, 3.63) is 40.3 Å². The summed E-state index contributed by atoms with van der Waals surface area (Å²) in [6.07, 6.45) is 2.19. The summed E-state index contributed by atoms with van der Waals surface area (Å²) in [5.74, 6) is -3.46. The first-order valence-corrected chi connectivity index (χ1v) is 8.95. The number of rotatable bonds is 5. The second-order valence-corrected chi connectivity index (χ2v) is 6.85. The molecular weight excluding hydrogens is 344 g/mol. The first kappa shape index (κ1) is 17.3. The molecule has 1 atom stereocenters. The smallest absolute Gasteiger partial charge is 0.337 e. The molecule has 132 valence electrons. The number of aromatic nitrogens is 2. The van der Waals surface area contributed by atoms with Crippen LogP contribution in [0.25, 0.3) is 0 Å². The van der Waals surface area contributed by atoms with Crippen LogP contribution < -0.4 is 0 Å². The highest BCUT2D eigenvalue weighted by atomic mass is 32.2. The van der Waals surface area contributed by atoms with E-state index in [0.29, 0.717) is 17.8 Å². The maximum absolute atomic E-state index is 13.1. The lowest BCUT2D eigenvalue weighted by atomic mass is 9.98. The fraction of sp³-hybridized carbons (Fsp3) is 0.353. The van der Waals surface area contributed by atoms with Crippen molar-refractivity contribution in [2.24, 2.45) is 7.05 Å². The van der Waals surface area contributed by atoms with Crippen molar-refractivity contribution in [3.8, 4) is 0 Å². The Labute approximate surface area is 148 Å². The first-order valence-electron chi connectivity index (χ1n) is 7.73. The molecule has 0 radical (unpaired) electrons. The van der Waals surface area contributed by atoms with Crippen molar-refractivity contribution in [1.29, 1.82) is 0 Å².